The Morgan fingerprint density at radius 1 is 0.397 bits per heavy atom. The van der Waals surface area contributed by atoms with Gasteiger partial charge in [-0.3, -0.25) is 4.79 Å². The molecule has 0 spiro atoms. The number of allylic oxidation sites excluding steroid dienone is 1. The highest BCUT2D eigenvalue weighted by Gasteiger charge is 2.20. The van der Waals surface area contributed by atoms with Crippen LogP contribution in [0.5, 0.6) is 0 Å². The number of aliphatic hydroxyl groups excluding tert-OH is 3. The van der Waals surface area contributed by atoms with E-state index in [9.17, 15) is 20.1 Å². The SMILES string of the molecule is CCCCCCCCCCCCCCCCCCCCCC/C=C/C(O)C(CO)NC(=O)CC(O)CCCCCCCCCCCCCCCCCCCCCCCCCCCC. The summed E-state index contributed by atoms with van der Waals surface area (Å²) in [5, 5.41) is 33.5. The number of unbranched alkanes of at least 4 members (excludes halogenated alkanes) is 45. The van der Waals surface area contributed by atoms with Crippen LogP contribution in [0.15, 0.2) is 12.2 Å². The molecular weight excluding hydrogens is 775 g/mol. The van der Waals surface area contributed by atoms with Gasteiger partial charge in [0.2, 0.25) is 5.91 Å². The highest BCUT2D eigenvalue weighted by atomic mass is 16.3. The minimum absolute atomic E-state index is 0.0196. The molecule has 0 fully saturated rings. The fraction of sp³-hybridized carbons (Fsp3) is 0.948. The van der Waals surface area contributed by atoms with Crippen molar-refractivity contribution < 1.29 is 20.1 Å². The van der Waals surface area contributed by atoms with Crippen molar-refractivity contribution in [3.8, 4) is 0 Å². The average molecular weight is 891 g/mol. The molecular formula is C58H115NO4. The van der Waals surface area contributed by atoms with E-state index in [2.05, 4.69) is 19.2 Å². The van der Waals surface area contributed by atoms with Crippen molar-refractivity contribution in [2.45, 2.75) is 347 Å². The van der Waals surface area contributed by atoms with Crippen LogP contribution < -0.4 is 5.32 Å². The second-order valence-corrected chi connectivity index (χ2v) is 20.3. The van der Waals surface area contributed by atoms with Gasteiger partial charge in [0, 0.05) is 0 Å². The van der Waals surface area contributed by atoms with E-state index in [0.29, 0.717) is 6.42 Å². The fourth-order valence-corrected chi connectivity index (χ4v) is 9.40. The second-order valence-electron chi connectivity index (χ2n) is 20.3. The largest absolute Gasteiger partial charge is 0.394 e. The molecule has 63 heavy (non-hydrogen) atoms. The van der Waals surface area contributed by atoms with Gasteiger partial charge < -0.3 is 20.6 Å². The molecule has 0 bridgehead atoms. The number of aliphatic hydroxyl groups is 3. The van der Waals surface area contributed by atoms with Crippen molar-refractivity contribution in [1.29, 1.82) is 0 Å². The fourth-order valence-electron chi connectivity index (χ4n) is 9.40. The third kappa shape index (κ3) is 50.3. The lowest BCUT2D eigenvalue weighted by Crippen LogP contribution is -2.45. The van der Waals surface area contributed by atoms with E-state index in [4.69, 9.17) is 0 Å². The summed E-state index contributed by atoms with van der Waals surface area (Å²) in [7, 11) is 0. The Morgan fingerprint density at radius 2 is 0.651 bits per heavy atom. The summed E-state index contributed by atoms with van der Waals surface area (Å²) in [6, 6.07) is -0.741. The van der Waals surface area contributed by atoms with Crippen LogP contribution in [0.3, 0.4) is 0 Å². The maximum Gasteiger partial charge on any atom is 0.222 e. The first kappa shape index (κ1) is 62.1. The van der Waals surface area contributed by atoms with Crippen LogP contribution in [0, 0.1) is 0 Å². The third-order valence-electron chi connectivity index (χ3n) is 13.8. The van der Waals surface area contributed by atoms with E-state index in [-0.39, 0.29) is 18.9 Å². The van der Waals surface area contributed by atoms with Gasteiger partial charge in [-0.15, -0.1) is 0 Å². The van der Waals surface area contributed by atoms with Crippen molar-refractivity contribution in [2.24, 2.45) is 0 Å². The standard InChI is InChI=1S/C58H115NO4/c1-3-5-7-9-11-13-15-17-19-21-23-25-27-28-29-30-31-33-35-37-39-41-43-45-47-49-51-55(61)53-58(63)59-56(54-60)57(62)52-50-48-46-44-42-40-38-36-34-32-26-24-22-20-18-16-14-12-10-8-6-4-2/h50,52,55-57,60-62H,3-49,51,53-54H2,1-2H3,(H,59,63)/b52-50+. The quantitative estimate of drug-likeness (QED) is 0.0362. The molecule has 0 aromatic heterocycles. The van der Waals surface area contributed by atoms with E-state index < -0.39 is 18.2 Å². The topological polar surface area (TPSA) is 89.8 Å². The summed E-state index contributed by atoms with van der Waals surface area (Å²) in [4.78, 5) is 12.5. The smallest absolute Gasteiger partial charge is 0.222 e. The van der Waals surface area contributed by atoms with Crippen molar-refractivity contribution in [2.75, 3.05) is 6.61 Å². The minimum atomic E-state index is -0.926. The molecule has 376 valence electrons. The Kier molecular flexibility index (Phi) is 52.9. The van der Waals surface area contributed by atoms with E-state index in [1.165, 1.54) is 276 Å². The van der Waals surface area contributed by atoms with Crippen molar-refractivity contribution >= 4 is 5.91 Å². The third-order valence-corrected chi connectivity index (χ3v) is 13.8. The summed E-state index contributed by atoms with van der Waals surface area (Å²) < 4.78 is 0. The lowest BCUT2D eigenvalue weighted by molar-refractivity contribution is -0.124. The molecule has 5 heteroatoms. The average Bonchev–Trinajstić information content (AvgIpc) is 3.28. The first-order chi connectivity index (χ1) is 31.0. The lowest BCUT2D eigenvalue weighted by atomic mass is 10.0. The molecule has 0 aromatic carbocycles. The van der Waals surface area contributed by atoms with Gasteiger partial charge in [0.1, 0.15) is 0 Å². The molecule has 0 aliphatic carbocycles. The highest BCUT2D eigenvalue weighted by molar-refractivity contribution is 5.76. The summed E-state index contributed by atoms with van der Waals surface area (Å²) in [5.41, 5.74) is 0. The van der Waals surface area contributed by atoms with Gasteiger partial charge in [0.25, 0.3) is 0 Å². The zero-order chi connectivity index (χ0) is 45.8. The Balaban J connectivity index is 3.52. The van der Waals surface area contributed by atoms with Crippen LogP contribution >= 0.6 is 0 Å². The molecule has 4 N–H and O–H groups in total. The second kappa shape index (κ2) is 53.7. The summed E-state index contributed by atoms with van der Waals surface area (Å²) in [6.45, 7) is 4.26. The zero-order valence-corrected chi connectivity index (χ0v) is 43.0. The lowest BCUT2D eigenvalue weighted by Gasteiger charge is -2.21. The molecule has 1 amide bonds. The molecule has 0 aliphatic rings. The number of hydrogen-bond acceptors (Lipinski definition) is 4. The van der Waals surface area contributed by atoms with Gasteiger partial charge in [-0.25, -0.2) is 0 Å². The molecule has 3 unspecified atom stereocenters. The maximum absolute atomic E-state index is 12.5. The number of rotatable bonds is 54. The van der Waals surface area contributed by atoms with Crippen LogP contribution in [0.25, 0.3) is 0 Å². The first-order valence-electron chi connectivity index (χ1n) is 29.0. The van der Waals surface area contributed by atoms with Crippen LogP contribution in [0.1, 0.15) is 328 Å². The van der Waals surface area contributed by atoms with Gasteiger partial charge in [0.05, 0.1) is 31.3 Å². The molecule has 0 saturated heterocycles. The first-order valence-corrected chi connectivity index (χ1v) is 29.0. The summed E-state index contributed by atoms with van der Waals surface area (Å²) >= 11 is 0. The molecule has 0 aromatic rings. The minimum Gasteiger partial charge on any atom is -0.394 e. The predicted molar refractivity (Wildman–Crippen MR) is 278 cm³/mol. The number of hydrogen-bond donors (Lipinski definition) is 4. The van der Waals surface area contributed by atoms with E-state index in [1.807, 2.05) is 6.08 Å². The van der Waals surface area contributed by atoms with Crippen molar-refractivity contribution in [1.82, 2.24) is 5.32 Å². The molecule has 0 heterocycles. The Morgan fingerprint density at radius 3 is 0.921 bits per heavy atom. The van der Waals surface area contributed by atoms with Gasteiger partial charge in [-0.1, -0.05) is 315 Å². The number of nitrogens with one attached hydrogen (secondary N) is 1. The van der Waals surface area contributed by atoms with Gasteiger partial charge in [-0.05, 0) is 19.3 Å². The predicted octanol–water partition coefficient (Wildman–Crippen LogP) is 17.9. The summed E-state index contributed by atoms with van der Waals surface area (Å²) in [6.07, 6.45) is 66.9. The van der Waals surface area contributed by atoms with Crippen LogP contribution in [0.2, 0.25) is 0 Å². The molecule has 3 atom stereocenters. The highest BCUT2D eigenvalue weighted by Crippen LogP contribution is 2.18. The Hall–Kier alpha value is -0.910. The van der Waals surface area contributed by atoms with Crippen molar-refractivity contribution in [3.05, 3.63) is 12.2 Å². The van der Waals surface area contributed by atoms with E-state index in [0.717, 1.165) is 25.7 Å². The van der Waals surface area contributed by atoms with Crippen LogP contribution in [-0.2, 0) is 4.79 Å². The van der Waals surface area contributed by atoms with Crippen molar-refractivity contribution in [3.63, 3.8) is 0 Å². The number of carbonyl (C=O) groups is 1. The maximum atomic E-state index is 12.5. The molecule has 0 aliphatic heterocycles. The number of carbonyl (C=O) groups excluding carboxylic acids is 1. The molecule has 5 nitrogen and oxygen atoms in total. The van der Waals surface area contributed by atoms with Crippen LogP contribution in [-0.4, -0.2) is 46.1 Å². The molecule has 0 rings (SSSR count). The van der Waals surface area contributed by atoms with E-state index >= 15 is 0 Å². The number of amides is 1. The normalized spacial score (nSPS) is 13.3. The molecule has 0 radical (unpaired) electrons. The van der Waals surface area contributed by atoms with Gasteiger partial charge >= 0.3 is 0 Å². The summed E-state index contributed by atoms with van der Waals surface area (Å²) in [5.74, 6) is -0.308. The van der Waals surface area contributed by atoms with Gasteiger partial charge in [-0.2, -0.15) is 0 Å². The molecule has 0 saturated carbocycles. The van der Waals surface area contributed by atoms with E-state index in [1.54, 1.807) is 6.08 Å². The zero-order valence-electron chi connectivity index (χ0n) is 43.0. The van der Waals surface area contributed by atoms with Gasteiger partial charge in [0.15, 0.2) is 0 Å². The monoisotopic (exact) mass is 890 g/mol. The Labute approximate surface area is 395 Å². The van der Waals surface area contributed by atoms with Crippen LogP contribution in [0.4, 0.5) is 0 Å². The Bertz CT molecular complexity index is 894.